The summed E-state index contributed by atoms with van der Waals surface area (Å²) in [5.41, 5.74) is 0.674. The standard InChI is InChI=1S/C10H11BrFNO/c11-7-1-2-8(9(12)5-7)10-6-14-4-3-13-10/h1-2,5,10,13H,3-4,6H2/t10-/m0/s1. The summed E-state index contributed by atoms with van der Waals surface area (Å²) in [4.78, 5) is 0. The molecule has 76 valence electrons. The SMILES string of the molecule is Fc1cc(Br)ccc1[C@@H]1COCCN1. The van der Waals surface area contributed by atoms with Gasteiger partial charge in [0, 0.05) is 16.6 Å². The van der Waals surface area contributed by atoms with E-state index in [2.05, 4.69) is 21.2 Å². The molecular formula is C10H11BrFNO. The van der Waals surface area contributed by atoms with Crippen molar-refractivity contribution in [2.75, 3.05) is 19.8 Å². The van der Waals surface area contributed by atoms with Crippen molar-refractivity contribution in [3.8, 4) is 0 Å². The first-order valence-corrected chi connectivity index (χ1v) is 5.33. The monoisotopic (exact) mass is 259 g/mol. The van der Waals surface area contributed by atoms with Gasteiger partial charge in [-0.25, -0.2) is 4.39 Å². The van der Waals surface area contributed by atoms with Gasteiger partial charge in [-0.1, -0.05) is 22.0 Å². The van der Waals surface area contributed by atoms with Gasteiger partial charge in [0.25, 0.3) is 0 Å². The molecule has 0 aliphatic carbocycles. The third-order valence-corrected chi connectivity index (χ3v) is 2.75. The van der Waals surface area contributed by atoms with Crippen molar-refractivity contribution in [2.45, 2.75) is 6.04 Å². The molecular weight excluding hydrogens is 249 g/mol. The molecule has 1 atom stereocenters. The molecule has 1 N–H and O–H groups in total. The highest BCUT2D eigenvalue weighted by atomic mass is 79.9. The van der Waals surface area contributed by atoms with Crippen LogP contribution in [-0.4, -0.2) is 19.8 Å². The quantitative estimate of drug-likeness (QED) is 0.836. The minimum absolute atomic E-state index is 0.0168. The zero-order chi connectivity index (χ0) is 9.97. The first kappa shape index (κ1) is 10.1. The molecule has 14 heavy (non-hydrogen) atoms. The Kier molecular flexibility index (Phi) is 3.15. The van der Waals surface area contributed by atoms with E-state index in [9.17, 15) is 4.39 Å². The van der Waals surface area contributed by atoms with E-state index < -0.39 is 0 Å². The summed E-state index contributed by atoms with van der Waals surface area (Å²) in [6.45, 7) is 2.02. The fourth-order valence-corrected chi connectivity index (χ4v) is 1.88. The predicted molar refractivity (Wildman–Crippen MR) is 55.7 cm³/mol. The van der Waals surface area contributed by atoms with Crippen LogP contribution in [0.5, 0.6) is 0 Å². The molecule has 0 spiro atoms. The summed E-state index contributed by atoms with van der Waals surface area (Å²) < 4.78 is 19.5. The molecule has 0 bridgehead atoms. The van der Waals surface area contributed by atoms with Gasteiger partial charge in [-0.05, 0) is 12.1 Å². The summed E-state index contributed by atoms with van der Waals surface area (Å²) in [6, 6.07) is 5.09. The molecule has 0 radical (unpaired) electrons. The van der Waals surface area contributed by atoms with Gasteiger partial charge in [0.05, 0.1) is 19.3 Å². The van der Waals surface area contributed by atoms with Gasteiger partial charge in [-0.2, -0.15) is 0 Å². The second kappa shape index (κ2) is 4.38. The lowest BCUT2D eigenvalue weighted by Crippen LogP contribution is -2.35. The molecule has 1 aromatic rings. The zero-order valence-electron chi connectivity index (χ0n) is 7.59. The van der Waals surface area contributed by atoms with E-state index in [0.29, 0.717) is 18.8 Å². The lowest BCUT2D eigenvalue weighted by atomic mass is 10.1. The molecule has 1 fully saturated rings. The molecule has 0 saturated carbocycles. The predicted octanol–water partition coefficient (Wildman–Crippen LogP) is 2.25. The highest BCUT2D eigenvalue weighted by molar-refractivity contribution is 9.10. The molecule has 1 aliphatic heterocycles. The van der Waals surface area contributed by atoms with Crippen LogP contribution in [0.1, 0.15) is 11.6 Å². The van der Waals surface area contributed by atoms with Gasteiger partial charge >= 0.3 is 0 Å². The van der Waals surface area contributed by atoms with E-state index in [0.717, 1.165) is 11.0 Å². The number of halogens is 2. The lowest BCUT2D eigenvalue weighted by Gasteiger charge is -2.24. The molecule has 2 nitrogen and oxygen atoms in total. The zero-order valence-corrected chi connectivity index (χ0v) is 9.18. The molecule has 0 amide bonds. The Hall–Kier alpha value is -0.450. The third kappa shape index (κ3) is 2.13. The van der Waals surface area contributed by atoms with Crippen LogP contribution in [0.25, 0.3) is 0 Å². The van der Waals surface area contributed by atoms with Gasteiger partial charge in [-0.15, -0.1) is 0 Å². The van der Waals surface area contributed by atoms with Crippen LogP contribution in [0.2, 0.25) is 0 Å². The Labute approximate surface area is 90.6 Å². The van der Waals surface area contributed by atoms with Gasteiger partial charge in [-0.3, -0.25) is 0 Å². The Morgan fingerprint density at radius 2 is 2.36 bits per heavy atom. The van der Waals surface area contributed by atoms with Crippen molar-refractivity contribution in [3.05, 3.63) is 34.1 Å². The minimum Gasteiger partial charge on any atom is -0.378 e. The first-order valence-electron chi connectivity index (χ1n) is 4.53. The second-order valence-corrected chi connectivity index (χ2v) is 4.16. The molecule has 4 heteroatoms. The molecule has 2 rings (SSSR count). The summed E-state index contributed by atoms with van der Waals surface area (Å²) in [7, 11) is 0. The topological polar surface area (TPSA) is 21.3 Å². The van der Waals surface area contributed by atoms with Gasteiger partial charge in [0.2, 0.25) is 0 Å². The maximum Gasteiger partial charge on any atom is 0.129 e. The fourth-order valence-electron chi connectivity index (χ4n) is 1.55. The lowest BCUT2D eigenvalue weighted by molar-refractivity contribution is 0.0757. The number of hydrogen-bond donors (Lipinski definition) is 1. The summed E-state index contributed by atoms with van der Waals surface area (Å²) in [5.74, 6) is -0.192. The number of nitrogens with one attached hydrogen (secondary N) is 1. The Morgan fingerprint density at radius 1 is 1.50 bits per heavy atom. The van der Waals surface area contributed by atoms with Gasteiger partial charge in [0.15, 0.2) is 0 Å². The van der Waals surface area contributed by atoms with Crippen LogP contribution < -0.4 is 5.32 Å². The normalized spacial score (nSPS) is 22.3. The van der Waals surface area contributed by atoms with Crippen LogP contribution in [0.3, 0.4) is 0 Å². The van der Waals surface area contributed by atoms with E-state index in [-0.39, 0.29) is 11.9 Å². The van der Waals surface area contributed by atoms with Crippen LogP contribution in [0, 0.1) is 5.82 Å². The molecule has 1 aromatic carbocycles. The van der Waals surface area contributed by atoms with E-state index in [1.165, 1.54) is 6.07 Å². The maximum atomic E-state index is 13.5. The van der Waals surface area contributed by atoms with E-state index in [4.69, 9.17) is 4.74 Å². The van der Waals surface area contributed by atoms with E-state index in [1.807, 2.05) is 6.07 Å². The van der Waals surface area contributed by atoms with Crippen LogP contribution >= 0.6 is 15.9 Å². The number of rotatable bonds is 1. The van der Waals surface area contributed by atoms with Crippen molar-refractivity contribution >= 4 is 15.9 Å². The highest BCUT2D eigenvalue weighted by Crippen LogP contribution is 2.22. The highest BCUT2D eigenvalue weighted by Gasteiger charge is 2.18. The van der Waals surface area contributed by atoms with Crippen LogP contribution in [0.4, 0.5) is 4.39 Å². The molecule has 1 heterocycles. The van der Waals surface area contributed by atoms with Crippen LogP contribution in [0.15, 0.2) is 22.7 Å². The van der Waals surface area contributed by atoms with Crippen molar-refractivity contribution in [2.24, 2.45) is 0 Å². The Balaban J connectivity index is 2.22. The Bertz CT molecular complexity index is 326. The van der Waals surface area contributed by atoms with Crippen molar-refractivity contribution in [1.29, 1.82) is 0 Å². The average Bonchev–Trinajstić information content (AvgIpc) is 2.19. The van der Waals surface area contributed by atoms with E-state index in [1.54, 1.807) is 6.07 Å². The summed E-state index contributed by atoms with van der Waals surface area (Å²) >= 11 is 3.23. The van der Waals surface area contributed by atoms with Crippen molar-refractivity contribution < 1.29 is 9.13 Å². The summed E-state index contributed by atoms with van der Waals surface area (Å²) in [5, 5.41) is 3.22. The largest absolute Gasteiger partial charge is 0.378 e. The smallest absolute Gasteiger partial charge is 0.129 e. The third-order valence-electron chi connectivity index (χ3n) is 2.26. The average molecular weight is 260 g/mol. The number of ether oxygens (including phenoxy) is 1. The summed E-state index contributed by atoms with van der Waals surface area (Å²) in [6.07, 6.45) is 0. The number of morpholine rings is 1. The molecule has 1 saturated heterocycles. The molecule has 1 aliphatic rings. The minimum atomic E-state index is -0.192. The van der Waals surface area contributed by atoms with E-state index >= 15 is 0 Å². The van der Waals surface area contributed by atoms with Gasteiger partial charge < -0.3 is 10.1 Å². The maximum absolute atomic E-state index is 13.5. The first-order chi connectivity index (χ1) is 6.77. The van der Waals surface area contributed by atoms with Crippen molar-refractivity contribution in [3.63, 3.8) is 0 Å². The number of benzene rings is 1. The van der Waals surface area contributed by atoms with Crippen molar-refractivity contribution in [1.82, 2.24) is 5.32 Å². The van der Waals surface area contributed by atoms with Crippen LogP contribution in [-0.2, 0) is 4.74 Å². The second-order valence-electron chi connectivity index (χ2n) is 3.25. The molecule has 0 aromatic heterocycles. The fraction of sp³-hybridized carbons (Fsp3) is 0.400. The Morgan fingerprint density at radius 3 is 3.00 bits per heavy atom. The molecule has 0 unspecified atom stereocenters. The van der Waals surface area contributed by atoms with Gasteiger partial charge in [0.1, 0.15) is 5.82 Å². The number of hydrogen-bond acceptors (Lipinski definition) is 2.